The van der Waals surface area contributed by atoms with Gasteiger partial charge in [0, 0.05) is 38.0 Å². The first-order valence-corrected chi connectivity index (χ1v) is 9.31. The summed E-state index contributed by atoms with van der Waals surface area (Å²) in [6, 6.07) is 9.04. The molecule has 1 aromatic heterocycles. The fourth-order valence-electron chi connectivity index (χ4n) is 4.66. The number of aryl methyl sites for hydroxylation is 3. The predicted molar refractivity (Wildman–Crippen MR) is 105 cm³/mol. The van der Waals surface area contributed by atoms with E-state index in [1.165, 1.54) is 11.1 Å². The van der Waals surface area contributed by atoms with Gasteiger partial charge in [-0.3, -0.25) is 9.69 Å². The highest BCUT2D eigenvalue weighted by Gasteiger charge is 2.47. The fourth-order valence-corrected chi connectivity index (χ4v) is 4.66. The van der Waals surface area contributed by atoms with Crippen molar-refractivity contribution in [3.63, 3.8) is 0 Å². The van der Waals surface area contributed by atoms with Gasteiger partial charge < -0.3 is 4.90 Å². The molecule has 8 heteroatoms. The number of carbonyl (C=O) groups excluding carboxylic acids is 1. The van der Waals surface area contributed by atoms with E-state index in [-0.39, 0.29) is 18.3 Å². The van der Waals surface area contributed by atoms with Crippen LogP contribution in [-0.2, 0) is 11.3 Å². The summed E-state index contributed by atoms with van der Waals surface area (Å²) in [6.07, 6.45) is 0.455. The standard InChI is InChI=1S/C19H26N6O.ClH/c1-13-6-4-5-7-16(13)19-17-12-24(11-15(17)10-23(19)3)18(26)8-9-25-14(2)20-21-22-25;/h4-7,15,17,19H,8-12H2,1-3H3;1H/t15-,17+,19-;/m0./s1. The summed E-state index contributed by atoms with van der Waals surface area (Å²) in [6.45, 7) is 7.35. The number of tetrazole rings is 1. The average molecular weight is 391 g/mol. The molecule has 0 bridgehead atoms. The van der Waals surface area contributed by atoms with E-state index in [1.807, 2.05) is 11.8 Å². The van der Waals surface area contributed by atoms with E-state index in [9.17, 15) is 4.79 Å². The molecule has 2 aliphatic heterocycles. The first kappa shape index (κ1) is 19.8. The highest BCUT2D eigenvalue weighted by atomic mass is 35.5. The molecule has 146 valence electrons. The zero-order valence-corrected chi connectivity index (χ0v) is 16.9. The zero-order valence-electron chi connectivity index (χ0n) is 16.1. The highest BCUT2D eigenvalue weighted by molar-refractivity contribution is 5.85. The van der Waals surface area contributed by atoms with Gasteiger partial charge in [-0.15, -0.1) is 17.5 Å². The topological polar surface area (TPSA) is 67.2 Å². The third-order valence-corrected chi connectivity index (χ3v) is 6.00. The number of rotatable bonds is 4. The number of fused-ring (bicyclic) bond motifs is 1. The molecule has 2 aliphatic rings. The van der Waals surface area contributed by atoms with Crippen molar-refractivity contribution in [2.45, 2.75) is 32.9 Å². The highest BCUT2D eigenvalue weighted by Crippen LogP contribution is 2.44. The summed E-state index contributed by atoms with van der Waals surface area (Å²) >= 11 is 0. The number of aromatic nitrogens is 4. The lowest BCUT2D eigenvalue weighted by Crippen LogP contribution is -2.34. The smallest absolute Gasteiger partial charge is 0.224 e. The van der Waals surface area contributed by atoms with Gasteiger partial charge in [-0.2, -0.15) is 0 Å². The maximum Gasteiger partial charge on any atom is 0.224 e. The van der Waals surface area contributed by atoms with Crippen molar-refractivity contribution in [3.05, 3.63) is 41.2 Å². The van der Waals surface area contributed by atoms with Crippen LogP contribution in [0.4, 0.5) is 0 Å². The number of nitrogens with zero attached hydrogens (tertiary/aromatic N) is 6. The van der Waals surface area contributed by atoms with Crippen LogP contribution in [0.2, 0.25) is 0 Å². The number of halogens is 1. The Hall–Kier alpha value is -1.99. The van der Waals surface area contributed by atoms with Gasteiger partial charge in [-0.1, -0.05) is 24.3 Å². The summed E-state index contributed by atoms with van der Waals surface area (Å²) in [5.41, 5.74) is 2.74. The molecule has 27 heavy (non-hydrogen) atoms. The van der Waals surface area contributed by atoms with Crippen LogP contribution in [0.5, 0.6) is 0 Å². The summed E-state index contributed by atoms with van der Waals surface area (Å²) in [7, 11) is 2.21. The number of hydrogen-bond acceptors (Lipinski definition) is 5. The number of hydrogen-bond donors (Lipinski definition) is 0. The third-order valence-electron chi connectivity index (χ3n) is 6.00. The van der Waals surface area contributed by atoms with E-state index in [4.69, 9.17) is 0 Å². The molecule has 2 aromatic rings. The normalized spacial score (nSPS) is 24.7. The van der Waals surface area contributed by atoms with E-state index >= 15 is 0 Å². The predicted octanol–water partition coefficient (Wildman–Crippen LogP) is 1.86. The molecular formula is C19H27ClN6O. The summed E-state index contributed by atoms with van der Waals surface area (Å²) in [4.78, 5) is 17.2. The number of amides is 1. The molecule has 0 saturated carbocycles. The molecule has 3 heterocycles. The first-order valence-electron chi connectivity index (χ1n) is 9.31. The van der Waals surface area contributed by atoms with Crippen LogP contribution < -0.4 is 0 Å². The maximum absolute atomic E-state index is 12.7. The maximum atomic E-state index is 12.7. The quantitative estimate of drug-likeness (QED) is 0.797. The molecule has 0 spiro atoms. The van der Waals surface area contributed by atoms with Gasteiger partial charge in [0.1, 0.15) is 5.82 Å². The lowest BCUT2D eigenvalue weighted by atomic mass is 9.88. The van der Waals surface area contributed by atoms with Crippen molar-refractivity contribution >= 4 is 18.3 Å². The second kappa shape index (κ2) is 7.94. The zero-order chi connectivity index (χ0) is 18.3. The van der Waals surface area contributed by atoms with E-state index in [1.54, 1.807) is 4.68 Å². The Morgan fingerprint density at radius 2 is 1.96 bits per heavy atom. The molecule has 0 radical (unpaired) electrons. The average Bonchev–Trinajstić information content (AvgIpc) is 3.28. The van der Waals surface area contributed by atoms with Crippen LogP contribution in [0.15, 0.2) is 24.3 Å². The summed E-state index contributed by atoms with van der Waals surface area (Å²) < 4.78 is 1.69. The molecule has 7 nitrogen and oxygen atoms in total. The molecule has 2 saturated heterocycles. The minimum Gasteiger partial charge on any atom is -0.342 e. The Balaban J connectivity index is 0.00000210. The molecular weight excluding hydrogens is 364 g/mol. The summed E-state index contributed by atoms with van der Waals surface area (Å²) in [5, 5.41) is 11.4. The Morgan fingerprint density at radius 3 is 2.67 bits per heavy atom. The van der Waals surface area contributed by atoms with Crippen molar-refractivity contribution in [2.75, 3.05) is 26.7 Å². The first-order chi connectivity index (χ1) is 12.5. The van der Waals surface area contributed by atoms with Gasteiger partial charge in [0.25, 0.3) is 0 Å². The van der Waals surface area contributed by atoms with Gasteiger partial charge in [0.05, 0.1) is 6.54 Å². The fraction of sp³-hybridized carbons (Fsp3) is 0.579. The van der Waals surface area contributed by atoms with Crippen molar-refractivity contribution in [2.24, 2.45) is 11.8 Å². The Morgan fingerprint density at radius 1 is 1.19 bits per heavy atom. The molecule has 1 aromatic carbocycles. The van der Waals surface area contributed by atoms with Crippen LogP contribution in [-0.4, -0.2) is 62.6 Å². The van der Waals surface area contributed by atoms with E-state index in [2.05, 4.69) is 58.7 Å². The molecule has 1 amide bonds. The number of carbonyl (C=O) groups is 1. The molecule has 3 atom stereocenters. The second-order valence-electron chi connectivity index (χ2n) is 7.66. The van der Waals surface area contributed by atoms with E-state index < -0.39 is 0 Å². The minimum atomic E-state index is 0. The van der Waals surface area contributed by atoms with Crippen molar-refractivity contribution in [3.8, 4) is 0 Å². The molecule has 0 aliphatic carbocycles. The van der Waals surface area contributed by atoms with E-state index in [0.717, 1.165) is 25.5 Å². The van der Waals surface area contributed by atoms with Crippen molar-refractivity contribution in [1.82, 2.24) is 30.0 Å². The van der Waals surface area contributed by atoms with Crippen LogP contribution in [0.25, 0.3) is 0 Å². The van der Waals surface area contributed by atoms with Crippen molar-refractivity contribution < 1.29 is 4.79 Å². The van der Waals surface area contributed by atoms with Gasteiger partial charge >= 0.3 is 0 Å². The Kier molecular flexibility index (Phi) is 5.81. The van der Waals surface area contributed by atoms with Crippen LogP contribution in [0.3, 0.4) is 0 Å². The molecule has 0 N–H and O–H groups in total. The molecule has 4 rings (SSSR count). The lowest BCUT2D eigenvalue weighted by Gasteiger charge is -2.28. The van der Waals surface area contributed by atoms with Crippen LogP contribution in [0, 0.1) is 25.7 Å². The number of likely N-dealkylation sites (tertiary alicyclic amines) is 2. The van der Waals surface area contributed by atoms with Gasteiger partial charge in [-0.25, -0.2) is 4.68 Å². The third kappa shape index (κ3) is 3.71. The van der Waals surface area contributed by atoms with Crippen LogP contribution in [0.1, 0.15) is 29.4 Å². The van der Waals surface area contributed by atoms with Gasteiger partial charge in [0.15, 0.2) is 0 Å². The van der Waals surface area contributed by atoms with Gasteiger partial charge in [0.2, 0.25) is 5.91 Å². The second-order valence-corrected chi connectivity index (χ2v) is 7.66. The molecule has 0 unspecified atom stereocenters. The minimum absolute atomic E-state index is 0. The number of benzene rings is 1. The Labute approximate surface area is 166 Å². The van der Waals surface area contributed by atoms with Gasteiger partial charge in [-0.05, 0) is 48.4 Å². The summed E-state index contributed by atoms with van der Waals surface area (Å²) in [5.74, 6) is 2.03. The monoisotopic (exact) mass is 390 g/mol. The van der Waals surface area contributed by atoms with E-state index in [0.29, 0.717) is 30.8 Å². The lowest BCUT2D eigenvalue weighted by molar-refractivity contribution is -0.130. The van der Waals surface area contributed by atoms with Crippen molar-refractivity contribution in [1.29, 1.82) is 0 Å². The van der Waals surface area contributed by atoms with Crippen LogP contribution >= 0.6 is 12.4 Å². The Bertz CT molecular complexity index is 809. The largest absolute Gasteiger partial charge is 0.342 e. The SMILES string of the molecule is Cc1ccccc1[C@H]1[C@@H]2CN(C(=O)CCn3nnnc3C)C[C@@H]2CN1C.Cl. The molecule has 2 fully saturated rings.